The maximum absolute atomic E-state index is 14.3. The van der Waals surface area contributed by atoms with E-state index in [0.29, 0.717) is 49.5 Å². The fourth-order valence-electron chi connectivity index (χ4n) is 5.63. The molecule has 2 heterocycles. The summed E-state index contributed by atoms with van der Waals surface area (Å²) in [5.74, 6) is 0.102. The topological polar surface area (TPSA) is 108 Å². The molecule has 0 saturated carbocycles. The third-order valence-corrected chi connectivity index (χ3v) is 7.58. The molecule has 10 nitrogen and oxygen atoms in total. The number of carbonyl (C=O) groups excluding carboxylic acids is 4. The Hall–Kier alpha value is -3.30. The van der Waals surface area contributed by atoms with Crippen LogP contribution in [0.5, 0.6) is 5.75 Å². The van der Waals surface area contributed by atoms with E-state index in [9.17, 15) is 19.2 Å². The molecule has 1 N–H and O–H groups in total. The lowest BCUT2D eigenvalue weighted by Crippen LogP contribution is -2.55. The quantitative estimate of drug-likeness (QED) is 0.440. The number of nitrogens with one attached hydrogen (secondary N) is 1. The van der Waals surface area contributed by atoms with Crippen LogP contribution in [0.25, 0.3) is 0 Å². The van der Waals surface area contributed by atoms with Crippen molar-refractivity contribution in [3.8, 4) is 5.75 Å². The van der Waals surface area contributed by atoms with Crippen molar-refractivity contribution >= 4 is 29.5 Å². The van der Waals surface area contributed by atoms with Gasteiger partial charge in [-0.05, 0) is 91.8 Å². The zero-order valence-electron chi connectivity index (χ0n) is 27.0. The molecule has 4 amide bonds. The predicted octanol–water partition coefficient (Wildman–Crippen LogP) is 4.92. The minimum Gasteiger partial charge on any atom is -0.476 e. The summed E-state index contributed by atoms with van der Waals surface area (Å²) in [5, 5.41) is 2.88. The fourth-order valence-corrected chi connectivity index (χ4v) is 5.63. The maximum atomic E-state index is 14.3. The summed E-state index contributed by atoms with van der Waals surface area (Å²) in [6.07, 6.45) is 2.93. The van der Waals surface area contributed by atoms with Gasteiger partial charge in [0.2, 0.25) is 5.91 Å². The van der Waals surface area contributed by atoms with E-state index in [1.807, 2.05) is 59.4 Å². The molecule has 0 bridgehead atoms. The van der Waals surface area contributed by atoms with Crippen LogP contribution >= 0.6 is 0 Å². The standard InChI is InChI=1S/C32H50N4O6/c1-10-13-27(37)33-15-17-35-25-19-24(22(11-2)18-26(25)41-32(8,9)29(35)39)28(38)36(21(3)4)23-14-12-16-34(20-23)30(40)42-31(5,6)7/h18-19,21,23H,10-17,20H2,1-9H3,(H,33,37)/t23-/m1/s1. The lowest BCUT2D eigenvalue weighted by molar-refractivity contribution is -0.132. The Balaban J connectivity index is 1.95. The van der Waals surface area contributed by atoms with Gasteiger partial charge < -0.3 is 29.5 Å². The summed E-state index contributed by atoms with van der Waals surface area (Å²) in [7, 11) is 0. The molecule has 0 unspecified atom stereocenters. The van der Waals surface area contributed by atoms with Crippen LogP contribution in [0.1, 0.15) is 104 Å². The molecular formula is C32H50N4O6. The van der Waals surface area contributed by atoms with Crippen molar-refractivity contribution in [1.82, 2.24) is 15.1 Å². The van der Waals surface area contributed by atoms with Gasteiger partial charge in [-0.25, -0.2) is 4.79 Å². The van der Waals surface area contributed by atoms with Gasteiger partial charge in [-0.2, -0.15) is 0 Å². The van der Waals surface area contributed by atoms with Gasteiger partial charge in [-0.15, -0.1) is 0 Å². The Morgan fingerprint density at radius 1 is 1.19 bits per heavy atom. The molecule has 0 aliphatic carbocycles. The zero-order valence-corrected chi connectivity index (χ0v) is 27.0. The Bertz CT molecular complexity index is 1170. The lowest BCUT2D eigenvalue weighted by Gasteiger charge is -2.42. The number of likely N-dealkylation sites (tertiary alicyclic amines) is 1. The molecular weight excluding hydrogens is 536 g/mol. The molecule has 2 aliphatic rings. The van der Waals surface area contributed by atoms with Gasteiger partial charge in [-0.3, -0.25) is 14.4 Å². The molecule has 3 rings (SSSR count). The van der Waals surface area contributed by atoms with E-state index in [1.165, 1.54) is 0 Å². The first kappa shape index (κ1) is 33.2. The maximum Gasteiger partial charge on any atom is 0.410 e. The number of aryl methyl sites for hydroxylation is 1. The van der Waals surface area contributed by atoms with Crippen LogP contribution < -0.4 is 15.0 Å². The number of carbonyl (C=O) groups is 4. The van der Waals surface area contributed by atoms with Gasteiger partial charge in [0.25, 0.3) is 11.8 Å². The van der Waals surface area contributed by atoms with Crippen LogP contribution in [0.3, 0.4) is 0 Å². The van der Waals surface area contributed by atoms with Gasteiger partial charge in [0.1, 0.15) is 11.4 Å². The molecule has 234 valence electrons. The SMILES string of the molecule is CCCC(=O)NCCN1C(=O)C(C)(C)Oc2cc(CC)c(C(=O)N(C(C)C)[C@@H]3CCCN(C(=O)OC(C)(C)C)C3)cc21. The van der Waals surface area contributed by atoms with E-state index in [-0.39, 0.29) is 42.4 Å². The first-order valence-electron chi connectivity index (χ1n) is 15.3. The zero-order chi connectivity index (χ0) is 31.4. The van der Waals surface area contributed by atoms with Gasteiger partial charge >= 0.3 is 6.09 Å². The number of hydrogen-bond acceptors (Lipinski definition) is 6. The Labute approximate surface area is 251 Å². The predicted molar refractivity (Wildman–Crippen MR) is 163 cm³/mol. The van der Waals surface area contributed by atoms with E-state index in [1.54, 1.807) is 29.7 Å². The number of nitrogens with zero attached hydrogens (tertiary/aromatic N) is 3. The molecule has 1 aromatic carbocycles. The van der Waals surface area contributed by atoms with Crippen molar-refractivity contribution in [3.05, 3.63) is 23.3 Å². The number of rotatable bonds is 9. The average molecular weight is 587 g/mol. The van der Waals surface area contributed by atoms with Crippen LogP contribution in [0.2, 0.25) is 0 Å². The van der Waals surface area contributed by atoms with Gasteiger partial charge in [0.15, 0.2) is 5.60 Å². The van der Waals surface area contributed by atoms with Crippen molar-refractivity contribution in [2.45, 2.75) is 118 Å². The summed E-state index contributed by atoms with van der Waals surface area (Å²) in [6, 6.07) is 3.33. The number of anilines is 1. The molecule has 0 radical (unpaired) electrons. The largest absolute Gasteiger partial charge is 0.476 e. The molecule has 10 heteroatoms. The van der Waals surface area contributed by atoms with E-state index < -0.39 is 11.2 Å². The normalized spacial score (nSPS) is 18.3. The minimum absolute atomic E-state index is 0.0598. The second-order valence-electron chi connectivity index (χ2n) is 13.0. The third-order valence-electron chi connectivity index (χ3n) is 7.58. The monoisotopic (exact) mass is 586 g/mol. The highest BCUT2D eigenvalue weighted by atomic mass is 16.6. The molecule has 1 fully saturated rings. The van der Waals surface area contributed by atoms with Gasteiger partial charge in [0, 0.05) is 44.2 Å². The molecule has 1 atom stereocenters. The molecule has 1 aromatic rings. The van der Waals surface area contributed by atoms with Crippen molar-refractivity contribution in [2.75, 3.05) is 31.1 Å². The Morgan fingerprint density at radius 3 is 2.48 bits per heavy atom. The highest BCUT2D eigenvalue weighted by molar-refractivity contribution is 6.05. The summed E-state index contributed by atoms with van der Waals surface area (Å²) >= 11 is 0. The number of hydrogen-bond donors (Lipinski definition) is 1. The second kappa shape index (κ2) is 13.3. The lowest BCUT2D eigenvalue weighted by atomic mass is 9.96. The highest BCUT2D eigenvalue weighted by Crippen LogP contribution is 2.40. The van der Waals surface area contributed by atoms with Crippen LogP contribution in [-0.2, 0) is 20.7 Å². The number of ether oxygens (including phenoxy) is 2. The van der Waals surface area contributed by atoms with E-state index in [0.717, 1.165) is 24.8 Å². The molecule has 42 heavy (non-hydrogen) atoms. The van der Waals surface area contributed by atoms with E-state index >= 15 is 0 Å². The first-order valence-corrected chi connectivity index (χ1v) is 15.3. The minimum atomic E-state index is -1.09. The number of amides is 4. The van der Waals surface area contributed by atoms with Crippen molar-refractivity contribution in [3.63, 3.8) is 0 Å². The second-order valence-corrected chi connectivity index (χ2v) is 13.0. The van der Waals surface area contributed by atoms with Crippen LogP contribution in [0.15, 0.2) is 12.1 Å². The summed E-state index contributed by atoms with van der Waals surface area (Å²) in [4.78, 5) is 57.9. The summed E-state index contributed by atoms with van der Waals surface area (Å²) in [5.41, 5.74) is 0.164. The third kappa shape index (κ3) is 7.75. The highest BCUT2D eigenvalue weighted by Gasteiger charge is 2.42. The van der Waals surface area contributed by atoms with E-state index in [2.05, 4.69) is 5.32 Å². The molecule has 1 saturated heterocycles. The van der Waals surface area contributed by atoms with Crippen molar-refractivity contribution < 1.29 is 28.7 Å². The van der Waals surface area contributed by atoms with Gasteiger partial charge in [0.05, 0.1) is 11.7 Å². The van der Waals surface area contributed by atoms with Crippen LogP contribution in [0, 0.1) is 0 Å². The van der Waals surface area contributed by atoms with Crippen molar-refractivity contribution in [2.24, 2.45) is 0 Å². The summed E-state index contributed by atoms with van der Waals surface area (Å²) < 4.78 is 11.8. The number of fused-ring (bicyclic) bond motifs is 1. The van der Waals surface area contributed by atoms with Crippen molar-refractivity contribution in [1.29, 1.82) is 0 Å². The number of benzene rings is 1. The number of piperidine rings is 1. The van der Waals surface area contributed by atoms with Crippen LogP contribution in [-0.4, -0.2) is 83.1 Å². The Morgan fingerprint density at radius 2 is 1.88 bits per heavy atom. The molecule has 0 aromatic heterocycles. The average Bonchev–Trinajstić information content (AvgIpc) is 2.89. The van der Waals surface area contributed by atoms with Crippen LogP contribution in [0.4, 0.5) is 10.5 Å². The summed E-state index contributed by atoms with van der Waals surface area (Å²) in [6.45, 7) is 18.4. The van der Waals surface area contributed by atoms with Gasteiger partial charge in [-0.1, -0.05) is 13.8 Å². The fraction of sp³-hybridized carbons (Fsp3) is 0.688. The Kier molecular flexibility index (Phi) is 10.5. The van der Waals surface area contributed by atoms with E-state index in [4.69, 9.17) is 9.47 Å². The molecule has 2 aliphatic heterocycles. The smallest absolute Gasteiger partial charge is 0.410 e. The molecule has 0 spiro atoms. The first-order chi connectivity index (χ1) is 19.6.